The Morgan fingerprint density at radius 1 is 1.53 bits per heavy atom. The van der Waals surface area contributed by atoms with Crippen LogP contribution in [-0.2, 0) is 6.42 Å². The molecule has 4 aliphatic rings. The highest BCUT2D eigenvalue weighted by atomic mass is 79.9. The van der Waals surface area contributed by atoms with Gasteiger partial charge in [-0.15, -0.1) is 0 Å². The monoisotopic (exact) mass is 294 g/mol. The summed E-state index contributed by atoms with van der Waals surface area (Å²) in [6.45, 7) is 3.46. The Bertz CT molecular complexity index is 439. The molecule has 0 N–H and O–H groups in total. The fraction of sp³-hybridized carbons (Fsp3) is 0.615. The van der Waals surface area contributed by atoms with Crippen LogP contribution in [0.5, 0.6) is 5.88 Å². The first-order valence-electron chi connectivity index (χ1n) is 6.26. The molecule has 1 aromatic heterocycles. The van der Waals surface area contributed by atoms with Gasteiger partial charge in [0.05, 0.1) is 0 Å². The zero-order valence-corrected chi connectivity index (χ0v) is 11.2. The van der Waals surface area contributed by atoms with Crippen LogP contribution in [0.15, 0.2) is 18.3 Å². The fourth-order valence-electron chi connectivity index (χ4n) is 3.70. The Morgan fingerprint density at radius 3 is 3.24 bits per heavy atom. The lowest BCUT2D eigenvalue weighted by Crippen LogP contribution is -2.65. The van der Waals surface area contributed by atoms with E-state index in [0.717, 1.165) is 18.8 Å². The van der Waals surface area contributed by atoms with Gasteiger partial charge in [-0.3, -0.25) is 4.90 Å². The molecule has 3 fully saturated rings. The molecule has 0 saturated carbocycles. The van der Waals surface area contributed by atoms with Crippen molar-refractivity contribution >= 4 is 15.9 Å². The summed E-state index contributed by atoms with van der Waals surface area (Å²) < 4.78 is 6.26. The number of nitrogens with zero attached hydrogens (tertiary/aromatic N) is 2. The molecule has 0 radical (unpaired) electrons. The Balaban J connectivity index is 1.72. The van der Waals surface area contributed by atoms with Gasteiger partial charge in [-0.25, -0.2) is 4.98 Å². The smallest absolute Gasteiger partial charge is 0.217 e. The molecule has 2 bridgehead atoms. The molecule has 0 aliphatic carbocycles. The van der Waals surface area contributed by atoms with Gasteiger partial charge in [0.25, 0.3) is 0 Å². The standard InChI is InChI=1S/C13H15BrN2O/c14-11-7-16-5-3-10(11)13(8-16)6-9-2-1-4-15-12(9)17-13/h1-2,4,10-11H,3,5-8H2/t10?,11?,13-/m0/s1. The Labute approximate surface area is 109 Å². The summed E-state index contributed by atoms with van der Waals surface area (Å²) in [6.07, 6.45) is 4.09. The minimum atomic E-state index is -0.0125. The Hall–Kier alpha value is -0.610. The van der Waals surface area contributed by atoms with Crippen molar-refractivity contribution in [2.75, 3.05) is 19.6 Å². The molecule has 3 nitrogen and oxygen atoms in total. The molecular weight excluding hydrogens is 280 g/mol. The van der Waals surface area contributed by atoms with E-state index < -0.39 is 0 Å². The lowest BCUT2D eigenvalue weighted by atomic mass is 9.73. The van der Waals surface area contributed by atoms with Gasteiger partial charge in [0, 0.05) is 42.0 Å². The van der Waals surface area contributed by atoms with E-state index in [-0.39, 0.29) is 5.60 Å². The van der Waals surface area contributed by atoms with E-state index in [1.165, 1.54) is 25.1 Å². The molecule has 3 saturated heterocycles. The molecule has 5 rings (SSSR count). The minimum Gasteiger partial charge on any atom is -0.469 e. The van der Waals surface area contributed by atoms with Crippen LogP contribution in [0.4, 0.5) is 0 Å². The summed E-state index contributed by atoms with van der Waals surface area (Å²) in [7, 11) is 0. The van der Waals surface area contributed by atoms with Gasteiger partial charge >= 0.3 is 0 Å². The van der Waals surface area contributed by atoms with E-state index in [1.54, 1.807) is 0 Å². The number of pyridine rings is 1. The van der Waals surface area contributed by atoms with Crippen molar-refractivity contribution in [2.24, 2.45) is 5.92 Å². The van der Waals surface area contributed by atoms with Crippen LogP contribution in [-0.4, -0.2) is 39.9 Å². The van der Waals surface area contributed by atoms with Gasteiger partial charge in [0.15, 0.2) is 0 Å². The summed E-state index contributed by atoms with van der Waals surface area (Å²) in [5.41, 5.74) is 1.27. The van der Waals surface area contributed by atoms with Crippen LogP contribution in [0.2, 0.25) is 0 Å². The van der Waals surface area contributed by atoms with Crippen molar-refractivity contribution in [3.63, 3.8) is 0 Å². The topological polar surface area (TPSA) is 25.4 Å². The van der Waals surface area contributed by atoms with Crippen LogP contribution >= 0.6 is 15.9 Å². The van der Waals surface area contributed by atoms with Gasteiger partial charge in [0.1, 0.15) is 5.60 Å². The second-order valence-electron chi connectivity index (χ2n) is 5.46. The quantitative estimate of drug-likeness (QED) is 0.683. The maximum Gasteiger partial charge on any atom is 0.217 e. The van der Waals surface area contributed by atoms with Crippen molar-refractivity contribution < 1.29 is 4.74 Å². The van der Waals surface area contributed by atoms with Gasteiger partial charge < -0.3 is 4.74 Å². The van der Waals surface area contributed by atoms with Crippen molar-refractivity contribution in [2.45, 2.75) is 23.3 Å². The zero-order valence-electron chi connectivity index (χ0n) is 9.60. The number of ether oxygens (including phenoxy) is 1. The maximum atomic E-state index is 6.26. The number of hydrogen-bond acceptors (Lipinski definition) is 3. The van der Waals surface area contributed by atoms with Crippen LogP contribution in [0.1, 0.15) is 12.0 Å². The Kier molecular flexibility index (Phi) is 2.10. The van der Waals surface area contributed by atoms with E-state index in [1.807, 2.05) is 12.3 Å². The number of aromatic nitrogens is 1. The molecule has 0 aromatic carbocycles. The number of rotatable bonds is 0. The number of piperidine rings is 3. The van der Waals surface area contributed by atoms with Gasteiger partial charge in [0.2, 0.25) is 5.88 Å². The third-order valence-electron chi connectivity index (χ3n) is 4.43. The molecule has 0 amide bonds. The third-order valence-corrected chi connectivity index (χ3v) is 5.36. The number of fused-ring (bicyclic) bond motifs is 3. The number of alkyl halides is 1. The predicted molar refractivity (Wildman–Crippen MR) is 68.6 cm³/mol. The van der Waals surface area contributed by atoms with Crippen LogP contribution in [0, 0.1) is 5.92 Å². The lowest BCUT2D eigenvalue weighted by molar-refractivity contribution is -0.0761. The van der Waals surface area contributed by atoms with Crippen LogP contribution in [0.25, 0.3) is 0 Å². The zero-order chi connectivity index (χ0) is 11.5. The highest BCUT2D eigenvalue weighted by molar-refractivity contribution is 9.09. The first-order valence-corrected chi connectivity index (χ1v) is 7.18. The molecule has 4 heteroatoms. The van der Waals surface area contributed by atoms with E-state index in [9.17, 15) is 0 Å². The average Bonchev–Trinajstić information content (AvgIpc) is 2.66. The molecule has 3 unspecified atom stereocenters. The largest absolute Gasteiger partial charge is 0.469 e. The highest BCUT2D eigenvalue weighted by Gasteiger charge is 2.55. The summed E-state index contributed by atoms with van der Waals surface area (Å²) >= 11 is 3.83. The van der Waals surface area contributed by atoms with Crippen molar-refractivity contribution in [1.82, 2.24) is 9.88 Å². The average molecular weight is 295 g/mol. The Morgan fingerprint density at radius 2 is 2.47 bits per heavy atom. The van der Waals surface area contributed by atoms with E-state index in [4.69, 9.17) is 4.74 Å². The molecule has 4 atom stereocenters. The van der Waals surface area contributed by atoms with Crippen LogP contribution in [0.3, 0.4) is 0 Å². The second kappa shape index (κ2) is 3.45. The number of hydrogen-bond donors (Lipinski definition) is 0. The minimum absolute atomic E-state index is 0.0125. The summed E-state index contributed by atoms with van der Waals surface area (Å²) in [4.78, 5) is 7.45. The SMILES string of the molecule is BrC1CN2CCC1[C@]1(Cc3cccnc3O1)C2. The third kappa shape index (κ3) is 1.40. The molecule has 1 spiro atoms. The van der Waals surface area contributed by atoms with Crippen molar-refractivity contribution in [3.8, 4) is 5.88 Å². The first-order chi connectivity index (χ1) is 8.27. The second-order valence-corrected chi connectivity index (χ2v) is 6.63. The molecule has 17 heavy (non-hydrogen) atoms. The molecule has 90 valence electrons. The van der Waals surface area contributed by atoms with E-state index in [0.29, 0.717) is 10.7 Å². The highest BCUT2D eigenvalue weighted by Crippen LogP contribution is 2.47. The van der Waals surface area contributed by atoms with Gasteiger partial charge in [-0.05, 0) is 19.0 Å². The van der Waals surface area contributed by atoms with Gasteiger partial charge in [-0.2, -0.15) is 0 Å². The molecular formula is C13H15BrN2O. The normalized spacial score (nSPS) is 42.5. The summed E-state index contributed by atoms with van der Waals surface area (Å²) in [5, 5.41) is 0. The predicted octanol–water partition coefficient (Wildman–Crippen LogP) is 1.85. The van der Waals surface area contributed by atoms with Crippen molar-refractivity contribution in [3.05, 3.63) is 23.9 Å². The lowest BCUT2D eigenvalue weighted by Gasteiger charge is -2.52. The van der Waals surface area contributed by atoms with Gasteiger partial charge in [-0.1, -0.05) is 22.0 Å². The number of halogens is 1. The summed E-state index contributed by atoms with van der Waals surface area (Å²) in [5.74, 6) is 1.49. The molecule has 1 aromatic rings. The van der Waals surface area contributed by atoms with E-state index >= 15 is 0 Å². The molecule has 4 aliphatic heterocycles. The summed E-state index contributed by atoms with van der Waals surface area (Å²) in [6, 6.07) is 4.16. The van der Waals surface area contributed by atoms with Crippen molar-refractivity contribution in [1.29, 1.82) is 0 Å². The maximum absolute atomic E-state index is 6.26. The van der Waals surface area contributed by atoms with Crippen LogP contribution < -0.4 is 4.74 Å². The fourth-order valence-corrected chi connectivity index (χ4v) is 4.85. The van der Waals surface area contributed by atoms with E-state index in [2.05, 4.69) is 31.9 Å². The first kappa shape index (κ1) is 10.3. The molecule has 5 heterocycles.